The van der Waals surface area contributed by atoms with Gasteiger partial charge in [-0.3, -0.25) is 0 Å². The van der Waals surface area contributed by atoms with E-state index in [9.17, 15) is 0 Å². The van der Waals surface area contributed by atoms with Crippen LogP contribution in [-0.4, -0.2) is 34.1 Å². The summed E-state index contributed by atoms with van der Waals surface area (Å²) in [7, 11) is 0. The summed E-state index contributed by atoms with van der Waals surface area (Å²) in [6, 6.07) is 7.65. The Kier molecular flexibility index (Phi) is 4.00. The van der Waals surface area contributed by atoms with E-state index in [1.54, 1.807) is 23.1 Å². The number of hydrogen-bond donors (Lipinski definition) is 0. The predicted molar refractivity (Wildman–Crippen MR) is 78.2 cm³/mol. The molecule has 3 aromatic rings. The van der Waals surface area contributed by atoms with E-state index >= 15 is 0 Å². The van der Waals surface area contributed by atoms with E-state index in [0.717, 1.165) is 29.4 Å². The number of aromatic nitrogens is 4. The second-order valence-electron chi connectivity index (χ2n) is 3.60. The van der Waals surface area contributed by atoms with Crippen molar-refractivity contribution in [3.63, 3.8) is 0 Å². The van der Waals surface area contributed by atoms with Crippen LogP contribution in [0.4, 0.5) is 0 Å². The molecule has 0 spiro atoms. The van der Waals surface area contributed by atoms with Crippen molar-refractivity contribution in [2.75, 3.05) is 0 Å². The molecule has 19 heavy (non-hydrogen) atoms. The van der Waals surface area contributed by atoms with Crippen LogP contribution in [0.5, 0.6) is 0 Å². The molecule has 0 bridgehead atoms. The number of hydrogen-bond acceptors (Lipinski definition) is 6. The molecular formula is C11H7ClN4S2Se. The van der Waals surface area contributed by atoms with Gasteiger partial charge in [0, 0.05) is 0 Å². The quantitative estimate of drug-likeness (QED) is 0.660. The van der Waals surface area contributed by atoms with Crippen molar-refractivity contribution in [3.8, 4) is 11.3 Å². The Bertz CT molecular complexity index is 695. The van der Waals surface area contributed by atoms with Crippen LogP contribution in [0.2, 0.25) is 5.02 Å². The molecule has 0 aliphatic carbocycles. The Hall–Kier alpha value is -0.721. The SMILES string of the molecule is Cc1nnc(Sc2[se]nnc2-c2ccc(Cl)cc2)s1. The molecular weight excluding hydrogens is 367 g/mol. The maximum atomic E-state index is 5.90. The Balaban J connectivity index is 1.92. The standard InChI is InChI=1S/C11H7ClN4S2Se/c1-6-13-15-11(17-6)18-10-9(14-16-19-10)7-2-4-8(12)5-3-7/h2-5H,1H3. The van der Waals surface area contributed by atoms with Gasteiger partial charge in [-0.1, -0.05) is 0 Å². The summed E-state index contributed by atoms with van der Waals surface area (Å²) in [5, 5.41) is 14.1. The van der Waals surface area contributed by atoms with E-state index < -0.39 is 0 Å². The third kappa shape index (κ3) is 3.06. The Morgan fingerprint density at radius 3 is 2.63 bits per heavy atom. The first kappa shape index (κ1) is 13.3. The molecule has 0 N–H and O–H groups in total. The first-order valence-electron chi connectivity index (χ1n) is 5.28. The van der Waals surface area contributed by atoms with Gasteiger partial charge in [0.2, 0.25) is 0 Å². The van der Waals surface area contributed by atoms with E-state index in [1.807, 2.05) is 31.2 Å². The van der Waals surface area contributed by atoms with E-state index in [1.165, 1.54) is 0 Å². The number of halogens is 1. The minimum absolute atomic E-state index is 0.0270. The van der Waals surface area contributed by atoms with Crippen molar-refractivity contribution in [3.05, 3.63) is 34.3 Å². The van der Waals surface area contributed by atoms with E-state index in [-0.39, 0.29) is 14.7 Å². The summed E-state index contributed by atoms with van der Waals surface area (Å²) in [5.74, 6) is 0. The van der Waals surface area contributed by atoms with Crippen LogP contribution in [0.25, 0.3) is 11.3 Å². The van der Waals surface area contributed by atoms with Crippen molar-refractivity contribution in [1.29, 1.82) is 0 Å². The zero-order chi connectivity index (χ0) is 13.2. The summed E-state index contributed by atoms with van der Waals surface area (Å²) in [4.78, 5) is 0. The second kappa shape index (κ2) is 5.73. The summed E-state index contributed by atoms with van der Waals surface area (Å²) in [6.07, 6.45) is 0. The summed E-state index contributed by atoms with van der Waals surface area (Å²) in [5.41, 5.74) is 1.96. The van der Waals surface area contributed by atoms with Gasteiger partial charge in [-0.05, 0) is 0 Å². The first-order valence-corrected chi connectivity index (χ1v) is 8.92. The molecule has 0 fully saturated rings. The second-order valence-corrected chi connectivity index (χ2v) is 8.65. The van der Waals surface area contributed by atoms with Crippen LogP contribution < -0.4 is 0 Å². The molecule has 0 aliphatic heterocycles. The average Bonchev–Trinajstić information content (AvgIpc) is 3.00. The monoisotopic (exact) mass is 374 g/mol. The summed E-state index contributed by atoms with van der Waals surface area (Å²) >= 11 is 9.12. The average molecular weight is 374 g/mol. The van der Waals surface area contributed by atoms with E-state index in [4.69, 9.17) is 11.6 Å². The van der Waals surface area contributed by atoms with Gasteiger partial charge in [0.05, 0.1) is 0 Å². The van der Waals surface area contributed by atoms with Crippen molar-refractivity contribution < 1.29 is 0 Å². The topological polar surface area (TPSA) is 51.6 Å². The van der Waals surface area contributed by atoms with Crippen molar-refractivity contribution >= 4 is 49.4 Å². The van der Waals surface area contributed by atoms with E-state index in [0.29, 0.717) is 0 Å². The molecule has 96 valence electrons. The first-order chi connectivity index (χ1) is 9.22. The van der Waals surface area contributed by atoms with Crippen molar-refractivity contribution in [1.82, 2.24) is 19.4 Å². The predicted octanol–water partition coefficient (Wildman–Crippen LogP) is 3.17. The van der Waals surface area contributed by atoms with Gasteiger partial charge in [0.15, 0.2) is 0 Å². The molecule has 3 rings (SSSR count). The van der Waals surface area contributed by atoms with Crippen molar-refractivity contribution in [2.24, 2.45) is 0 Å². The fourth-order valence-corrected chi connectivity index (χ4v) is 5.47. The zero-order valence-corrected chi connectivity index (χ0v) is 13.8. The van der Waals surface area contributed by atoms with Crippen LogP contribution in [0.3, 0.4) is 0 Å². The van der Waals surface area contributed by atoms with Crippen molar-refractivity contribution in [2.45, 2.75) is 15.0 Å². The van der Waals surface area contributed by atoms with Gasteiger partial charge in [0.1, 0.15) is 0 Å². The third-order valence-electron chi connectivity index (χ3n) is 2.26. The minimum atomic E-state index is 0.0270. The van der Waals surface area contributed by atoms with Crippen LogP contribution >= 0.6 is 34.7 Å². The Morgan fingerprint density at radius 1 is 1.16 bits per heavy atom. The molecule has 2 aromatic heterocycles. The van der Waals surface area contributed by atoms with Gasteiger partial charge in [-0.25, -0.2) is 0 Å². The fraction of sp³-hybridized carbons (Fsp3) is 0.0909. The summed E-state index contributed by atoms with van der Waals surface area (Å²) in [6.45, 7) is 1.95. The Labute approximate surface area is 129 Å². The van der Waals surface area contributed by atoms with Crippen LogP contribution in [0.1, 0.15) is 5.01 Å². The van der Waals surface area contributed by atoms with E-state index in [2.05, 4.69) is 19.4 Å². The molecule has 8 heteroatoms. The molecule has 0 amide bonds. The molecule has 0 radical (unpaired) electrons. The molecule has 4 nitrogen and oxygen atoms in total. The number of benzene rings is 1. The fourth-order valence-electron chi connectivity index (χ4n) is 1.43. The molecule has 2 heterocycles. The normalized spacial score (nSPS) is 10.8. The van der Waals surface area contributed by atoms with Gasteiger partial charge in [-0.2, -0.15) is 0 Å². The number of aryl methyl sites for hydroxylation is 1. The van der Waals surface area contributed by atoms with Crippen LogP contribution in [0, 0.1) is 6.92 Å². The maximum absolute atomic E-state index is 5.90. The number of rotatable bonds is 3. The number of nitrogens with zero attached hydrogens (tertiary/aromatic N) is 4. The molecule has 0 saturated carbocycles. The molecule has 0 atom stereocenters. The van der Waals surface area contributed by atoms with Crippen LogP contribution in [-0.2, 0) is 0 Å². The molecule has 1 aromatic carbocycles. The third-order valence-corrected chi connectivity index (χ3v) is 6.29. The Morgan fingerprint density at radius 2 is 1.95 bits per heavy atom. The van der Waals surface area contributed by atoms with Gasteiger partial charge >= 0.3 is 129 Å². The van der Waals surface area contributed by atoms with Crippen LogP contribution in [0.15, 0.2) is 32.4 Å². The molecule has 0 saturated heterocycles. The zero-order valence-electron chi connectivity index (χ0n) is 9.70. The molecule has 0 aliphatic rings. The van der Waals surface area contributed by atoms with Gasteiger partial charge < -0.3 is 0 Å². The van der Waals surface area contributed by atoms with Gasteiger partial charge in [-0.15, -0.1) is 0 Å². The molecule has 0 unspecified atom stereocenters. The summed E-state index contributed by atoms with van der Waals surface area (Å²) < 4.78 is 6.26. The van der Waals surface area contributed by atoms with Gasteiger partial charge in [0.25, 0.3) is 0 Å².